The van der Waals surface area contributed by atoms with Crippen LogP contribution in [0, 0.1) is 0 Å². The van der Waals surface area contributed by atoms with Crippen LogP contribution < -0.4 is 5.32 Å². The van der Waals surface area contributed by atoms with Gasteiger partial charge in [0.1, 0.15) is 27.5 Å². The number of β-lactam (4-membered cyclic amide) rings is 1. The third kappa shape index (κ3) is 5.33. The van der Waals surface area contributed by atoms with Crippen LogP contribution in [0.5, 0.6) is 0 Å². The molecule has 8 nitrogen and oxygen atoms in total. The highest BCUT2D eigenvalue weighted by atomic mass is 32.2. The van der Waals surface area contributed by atoms with Crippen molar-refractivity contribution in [1.29, 1.82) is 0 Å². The Morgan fingerprint density at radius 2 is 1.82 bits per heavy atom. The van der Waals surface area contributed by atoms with Gasteiger partial charge in [-0.05, 0) is 30.0 Å². The molecule has 0 aliphatic carbocycles. The van der Waals surface area contributed by atoms with E-state index in [1.807, 2.05) is 48.5 Å². The number of carboxylic acid groups (broad SMARTS) is 1. The lowest BCUT2D eigenvalue weighted by Crippen LogP contribution is -2.71. The van der Waals surface area contributed by atoms with E-state index in [-0.39, 0.29) is 11.6 Å². The summed E-state index contributed by atoms with van der Waals surface area (Å²) in [5.41, 5.74) is 2.72. The molecule has 1 unspecified atom stereocenters. The normalized spacial score (nSPS) is 22.6. The number of carbonyl (C=O) groups excluding carboxylic acids is 2. The van der Waals surface area contributed by atoms with E-state index in [9.17, 15) is 19.5 Å². The number of aliphatic carboxylic acids is 1. The molecule has 38 heavy (non-hydrogen) atoms. The van der Waals surface area contributed by atoms with Crippen molar-refractivity contribution in [3.63, 3.8) is 0 Å². The van der Waals surface area contributed by atoms with Crippen molar-refractivity contribution in [2.75, 3.05) is 24.8 Å². The molecule has 3 atom stereocenters. The Bertz CT molecular complexity index is 1270. The molecule has 11 heteroatoms. The average molecular weight is 569 g/mol. The first-order chi connectivity index (χ1) is 18.3. The first-order valence-corrected chi connectivity index (χ1v) is 14.7. The summed E-state index contributed by atoms with van der Waals surface area (Å²) in [5, 5.41) is 12.1. The molecule has 3 aliphatic heterocycles. The summed E-state index contributed by atoms with van der Waals surface area (Å²) in [4.78, 5) is 44.0. The second-order valence-corrected chi connectivity index (χ2v) is 12.1. The van der Waals surface area contributed by atoms with Crippen molar-refractivity contribution in [2.24, 2.45) is 0 Å². The minimum absolute atomic E-state index is 0.0267. The second kappa shape index (κ2) is 11.5. The van der Waals surface area contributed by atoms with Gasteiger partial charge in [-0.25, -0.2) is 4.79 Å². The topological polar surface area (TPSA) is 93.2 Å². The number of thiocarbonyl (C=S) groups is 1. The predicted molar refractivity (Wildman–Crippen MR) is 153 cm³/mol. The van der Waals surface area contributed by atoms with Crippen LogP contribution in [0.1, 0.15) is 24.1 Å². The van der Waals surface area contributed by atoms with Crippen molar-refractivity contribution in [3.05, 3.63) is 83.1 Å². The van der Waals surface area contributed by atoms with Gasteiger partial charge in [0.25, 0.3) is 5.91 Å². The molecule has 2 aromatic rings. The molecule has 0 bridgehead atoms. The zero-order valence-corrected chi connectivity index (χ0v) is 23.2. The summed E-state index contributed by atoms with van der Waals surface area (Å²) < 4.78 is 0.802. The van der Waals surface area contributed by atoms with Gasteiger partial charge in [0.05, 0.1) is 12.5 Å². The maximum absolute atomic E-state index is 13.8. The standard InChI is InChI=1S/C27H28N4O4S3/c1-17-14-37-25-20(24(33)31(25)21(17)26(34)35)28-23(32)22(19-10-6-3-7-11-19)30-15-29(27(36)38-16-30)13-12-18-8-4-2-5-9-18/h2-11,20,22,25H,12-16H2,1H3,(H,28,32)(H,34,35)/t20-,22?,25-/m1/s1. The highest BCUT2D eigenvalue weighted by Crippen LogP contribution is 2.40. The Kier molecular flexibility index (Phi) is 8.08. The highest BCUT2D eigenvalue weighted by Gasteiger charge is 2.54. The summed E-state index contributed by atoms with van der Waals surface area (Å²) in [5.74, 6) is -0.750. The van der Waals surface area contributed by atoms with E-state index in [2.05, 4.69) is 27.2 Å². The average Bonchev–Trinajstić information content (AvgIpc) is 2.93. The van der Waals surface area contributed by atoms with E-state index >= 15 is 0 Å². The van der Waals surface area contributed by atoms with Crippen LogP contribution in [0.2, 0.25) is 0 Å². The first-order valence-electron chi connectivity index (χ1n) is 12.3. The van der Waals surface area contributed by atoms with Crippen LogP contribution in [-0.2, 0) is 20.8 Å². The molecule has 3 aliphatic rings. The molecule has 2 saturated heterocycles. The van der Waals surface area contributed by atoms with E-state index in [0.29, 0.717) is 23.9 Å². The van der Waals surface area contributed by atoms with Gasteiger partial charge in [-0.2, -0.15) is 0 Å². The summed E-state index contributed by atoms with van der Waals surface area (Å²) in [7, 11) is 0. The molecular weight excluding hydrogens is 541 g/mol. The molecule has 198 valence electrons. The molecule has 0 aromatic heterocycles. The Morgan fingerprint density at radius 1 is 1.13 bits per heavy atom. The molecule has 3 heterocycles. The molecule has 2 amide bonds. The van der Waals surface area contributed by atoms with E-state index in [4.69, 9.17) is 12.2 Å². The lowest BCUT2D eigenvalue weighted by atomic mass is 10.0. The number of carboxylic acids is 1. The third-order valence-electron chi connectivity index (χ3n) is 6.87. The van der Waals surface area contributed by atoms with Crippen molar-refractivity contribution in [2.45, 2.75) is 30.8 Å². The van der Waals surface area contributed by atoms with Crippen LogP contribution in [0.3, 0.4) is 0 Å². The number of fused-ring (bicyclic) bond motifs is 1. The molecule has 2 fully saturated rings. The zero-order chi connectivity index (χ0) is 26.8. The fourth-order valence-corrected chi connectivity index (χ4v) is 7.38. The summed E-state index contributed by atoms with van der Waals surface area (Å²) in [6, 6.07) is 18.3. The van der Waals surface area contributed by atoms with Crippen LogP contribution >= 0.6 is 35.7 Å². The van der Waals surface area contributed by atoms with Crippen molar-refractivity contribution >= 4 is 57.8 Å². The number of thioether (sulfide) groups is 2. The minimum atomic E-state index is -1.12. The van der Waals surface area contributed by atoms with E-state index in [1.165, 1.54) is 34.0 Å². The fraction of sp³-hybridized carbons (Fsp3) is 0.333. The second-order valence-electron chi connectivity index (χ2n) is 9.41. The number of nitrogens with one attached hydrogen (secondary N) is 1. The monoisotopic (exact) mass is 568 g/mol. The number of amides is 2. The maximum atomic E-state index is 13.8. The smallest absolute Gasteiger partial charge is 0.352 e. The Balaban J connectivity index is 1.32. The molecule has 2 N–H and O–H groups in total. The van der Waals surface area contributed by atoms with Gasteiger partial charge in [0.15, 0.2) is 0 Å². The molecular formula is C27H28N4O4S3. The van der Waals surface area contributed by atoms with Crippen LogP contribution in [0.15, 0.2) is 71.9 Å². The summed E-state index contributed by atoms with van der Waals surface area (Å²) in [6.07, 6.45) is 0.835. The van der Waals surface area contributed by atoms with Gasteiger partial charge in [0, 0.05) is 12.3 Å². The SMILES string of the molecule is CC1=C(C(=O)O)N2C(=O)[C@@H](NC(=O)C(c3ccccc3)N3CSC(=S)N(CCc4ccccc4)C3)[C@H]2SC1. The lowest BCUT2D eigenvalue weighted by molar-refractivity contribution is -0.151. The number of benzene rings is 2. The van der Waals surface area contributed by atoms with Crippen molar-refractivity contribution in [1.82, 2.24) is 20.0 Å². The number of hydrogen-bond acceptors (Lipinski definition) is 7. The number of nitrogens with zero attached hydrogens (tertiary/aromatic N) is 3. The van der Waals surface area contributed by atoms with Crippen LogP contribution in [0.4, 0.5) is 0 Å². The summed E-state index contributed by atoms with van der Waals surface area (Å²) in [6.45, 7) is 2.94. The molecule has 2 aromatic carbocycles. The first kappa shape index (κ1) is 26.7. The fourth-order valence-electron chi connectivity index (χ4n) is 4.95. The van der Waals surface area contributed by atoms with Crippen LogP contribution in [-0.4, -0.2) is 78.2 Å². The number of carbonyl (C=O) groups is 3. The van der Waals surface area contributed by atoms with E-state index in [0.717, 1.165) is 22.8 Å². The predicted octanol–water partition coefficient (Wildman–Crippen LogP) is 3.28. The third-order valence-corrected chi connectivity index (χ3v) is 9.87. The summed E-state index contributed by atoms with van der Waals surface area (Å²) >= 11 is 8.63. The Morgan fingerprint density at radius 3 is 2.50 bits per heavy atom. The van der Waals surface area contributed by atoms with Gasteiger partial charge < -0.3 is 15.3 Å². The molecule has 0 spiro atoms. The Labute approximate surface area is 235 Å². The molecule has 0 saturated carbocycles. The maximum Gasteiger partial charge on any atom is 0.352 e. The van der Waals surface area contributed by atoms with Crippen molar-refractivity contribution in [3.8, 4) is 0 Å². The van der Waals surface area contributed by atoms with Gasteiger partial charge in [0.2, 0.25) is 5.91 Å². The van der Waals surface area contributed by atoms with E-state index in [1.54, 1.807) is 6.92 Å². The largest absolute Gasteiger partial charge is 0.477 e. The number of hydrogen-bond donors (Lipinski definition) is 2. The van der Waals surface area contributed by atoms with Gasteiger partial charge in [-0.1, -0.05) is 84.6 Å². The van der Waals surface area contributed by atoms with Crippen molar-refractivity contribution < 1.29 is 19.5 Å². The Hall–Kier alpha value is -2.86. The van der Waals surface area contributed by atoms with Gasteiger partial charge in [-0.15, -0.1) is 11.8 Å². The zero-order valence-electron chi connectivity index (χ0n) is 20.8. The lowest BCUT2D eigenvalue weighted by Gasteiger charge is -2.49. The minimum Gasteiger partial charge on any atom is -0.477 e. The molecule has 0 radical (unpaired) electrons. The number of rotatable bonds is 8. The van der Waals surface area contributed by atoms with Gasteiger partial charge in [-0.3, -0.25) is 19.4 Å². The molecule has 5 rings (SSSR count). The van der Waals surface area contributed by atoms with Gasteiger partial charge >= 0.3 is 5.97 Å². The van der Waals surface area contributed by atoms with E-state index < -0.39 is 29.3 Å². The quantitative estimate of drug-likeness (QED) is 0.368. The highest BCUT2D eigenvalue weighted by molar-refractivity contribution is 8.22. The van der Waals surface area contributed by atoms with Crippen LogP contribution in [0.25, 0.3) is 0 Å².